The Kier molecular flexibility index (Phi) is 7.99. The number of ether oxygens (including phenoxy) is 1. The molecule has 1 aliphatic heterocycles. The van der Waals surface area contributed by atoms with Crippen molar-refractivity contribution < 1.29 is 9.53 Å². The van der Waals surface area contributed by atoms with Gasteiger partial charge >= 0.3 is 0 Å². The molecule has 0 fully saturated rings. The van der Waals surface area contributed by atoms with Crippen molar-refractivity contribution in [2.24, 2.45) is 0 Å². The average Bonchev–Trinajstić information content (AvgIpc) is 2.67. The molecule has 0 saturated heterocycles. The van der Waals surface area contributed by atoms with E-state index in [4.69, 9.17) is 9.53 Å². The summed E-state index contributed by atoms with van der Waals surface area (Å²) in [5.74, 6) is 1.05. The first-order chi connectivity index (χ1) is 12.2. The smallest absolute Gasteiger partial charge is 0.206 e. The molecule has 4 heteroatoms. The first kappa shape index (κ1) is 19.0. The van der Waals surface area contributed by atoms with Crippen LogP contribution in [0, 0.1) is 0 Å². The Hall–Kier alpha value is -2.33. The second-order valence-corrected chi connectivity index (χ2v) is 6.32. The maximum Gasteiger partial charge on any atom is 0.206 e. The summed E-state index contributed by atoms with van der Waals surface area (Å²) < 4.78 is 5.84. The van der Waals surface area contributed by atoms with Crippen LogP contribution in [0.4, 0.5) is 0 Å². The highest BCUT2D eigenvalue weighted by molar-refractivity contribution is 5.44. The molecule has 0 saturated carbocycles. The van der Waals surface area contributed by atoms with Gasteiger partial charge in [0.25, 0.3) is 0 Å². The topological polar surface area (TPSA) is 50.4 Å². The first-order valence-corrected chi connectivity index (χ1v) is 8.84. The van der Waals surface area contributed by atoms with Gasteiger partial charge in [0.2, 0.25) is 6.41 Å². The Bertz CT molecular complexity index is 631. The van der Waals surface area contributed by atoms with Crippen LogP contribution in [0.3, 0.4) is 0 Å². The van der Waals surface area contributed by atoms with Gasteiger partial charge in [-0.3, -0.25) is 4.79 Å². The summed E-state index contributed by atoms with van der Waals surface area (Å²) in [6.45, 7) is 3.04. The minimum atomic E-state index is 0.422. The van der Waals surface area contributed by atoms with Crippen molar-refractivity contribution in [2.75, 3.05) is 13.7 Å². The van der Waals surface area contributed by atoms with Crippen molar-refractivity contribution in [2.45, 2.75) is 38.3 Å². The molecule has 0 spiro atoms. The van der Waals surface area contributed by atoms with Gasteiger partial charge in [-0.05, 0) is 43.4 Å². The molecule has 0 bridgehead atoms. The normalized spacial score (nSPS) is 16.5. The van der Waals surface area contributed by atoms with Crippen LogP contribution in [-0.4, -0.2) is 32.1 Å². The van der Waals surface area contributed by atoms with Gasteiger partial charge < -0.3 is 15.4 Å². The lowest BCUT2D eigenvalue weighted by Gasteiger charge is -2.28. The highest BCUT2D eigenvalue weighted by atomic mass is 16.5. The molecule has 2 atom stereocenters. The molecular weight excluding hydrogens is 312 g/mol. The fourth-order valence-corrected chi connectivity index (χ4v) is 2.95. The summed E-state index contributed by atoms with van der Waals surface area (Å²) in [5.41, 5.74) is 2.73. The third-order valence-corrected chi connectivity index (χ3v) is 4.23. The fourth-order valence-electron chi connectivity index (χ4n) is 2.95. The van der Waals surface area contributed by atoms with E-state index in [1.54, 1.807) is 7.05 Å². The number of benzene rings is 2. The number of hydrogen-bond donors (Lipinski definition) is 2. The van der Waals surface area contributed by atoms with Crippen molar-refractivity contribution in [3.63, 3.8) is 0 Å². The predicted octanol–water partition coefficient (Wildman–Crippen LogP) is 2.96. The Labute approximate surface area is 150 Å². The van der Waals surface area contributed by atoms with Gasteiger partial charge in [0.05, 0.1) is 0 Å². The van der Waals surface area contributed by atoms with E-state index in [-0.39, 0.29) is 0 Å². The lowest BCUT2D eigenvalue weighted by Crippen LogP contribution is -2.44. The predicted molar refractivity (Wildman–Crippen MR) is 102 cm³/mol. The summed E-state index contributed by atoms with van der Waals surface area (Å²) in [4.78, 5) is 9.06. The maximum absolute atomic E-state index is 9.06. The van der Waals surface area contributed by atoms with Crippen LogP contribution >= 0.6 is 0 Å². The fraction of sp³-hybridized carbons (Fsp3) is 0.381. The summed E-state index contributed by atoms with van der Waals surface area (Å²) in [6, 6.07) is 20.0. The molecule has 1 aliphatic rings. The molecule has 2 unspecified atom stereocenters. The molecule has 3 rings (SSSR count). The average molecular weight is 340 g/mol. The Morgan fingerprint density at radius 2 is 1.84 bits per heavy atom. The molecule has 0 aromatic heterocycles. The zero-order valence-electron chi connectivity index (χ0n) is 15.1. The van der Waals surface area contributed by atoms with E-state index in [9.17, 15) is 0 Å². The summed E-state index contributed by atoms with van der Waals surface area (Å²) in [5, 5.41) is 5.95. The van der Waals surface area contributed by atoms with E-state index < -0.39 is 0 Å². The number of hydrogen-bond acceptors (Lipinski definition) is 3. The SMILES string of the molecule is CC(CCc1ccccc1)NC1COc2ccccc2C1.CNC=O. The number of fused-ring (bicyclic) bond motifs is 1. The van der Waals surface area contributed by atoms with Gasteiger partial charge in [-0.25, -0.2) is 0 Å². The Balaban J connectivity index is 0.000000511. The van der Waals surface area contributed by atoms with Crippen molar-refractivity contribution in [3.8, 4) is 5.75 Å². The van der Waals surface area contributed by atoms with Crippen molar-refractivity contribution in [1.82, 2.24) is 10.6 Å². The second kappa shape index (κ2) is 10.5. The molecule has 1 amide bonds. The molecule has 25 heavy (non-hydrogen) atoms. The van der Waals surface area contributed by atoms with Crippen LogP contribution in [0.5, 0.6) is 5.75 Å². The molecule has 0 radical (unpaired) electrons. The van der Waals surface area contributed by atoms with Gasteiger partial charge in [0.15, 0.2) is 0 Å². The highest BCUT2D eigenvalue weighted by Crippen LogP contribution is 2.24. The van der Waals surface area contributed by atoms with Crippen LogP contribution < -0.4 is 15.4 Å². The van der Waals surface area contributed by atoms with Crippen molar-refractivity contribution >= 4 is 6.41 Å². The number of amides is 1. The van der Waals surface area contributed by atoms with Crippen LogP contribution in [0.25, 0.3) is 0 Å². The molecule has 2 aromatic carbocycles. The number of rotatable bonds is 6. The Morgan fingerprint density at radius 1 is 1.16 bits per heavy atom. The van der Waals surface area contributed by atoms with Crippen LogP contribution in [-0.2, 0) is 17.6 Å². The highest BCUT2D eigenvalue weighted by Gasteiger charge is 2.20. The quantitative estimate of drug-likeness (QED) is 0.795. The molecule has 2 N–H and O–H groups in total. The van der Waals surface area contributed by atoms with Crippen LogP contribution in [0.2, 0.25) is 0 Å². The summed E-state index contributed by atoms with van der Waals surface area (Å²) in [7, 11) is 1.56. The van der Waals surface area contributed by atoms with Crippen LogP contribution in [0.1, 0.15) is 24.5 Å². The minimum Gasteiger partial charge on any atom is -0.492 e. The van der Waals surface area contributed by atoms with Crippen molar-refractivity contribution in [3.05, 3.63) is 65.7 Å². The van der Waals surface area contributed by atoms with E-state index in [1.807, 2.05) is 6.07 Å². The minimum absolute atomic E-state index is 0.422. The van der Waals surface area contributed by atoms with Gasteiger partial charge in [0, 0.05) is 19.1 Å². The van der Waals surface area contributed by atoms with E-state index in [0.29, 0.717) is 18.5 Å². The van der Waals surface area contributed by atoms with E-state index in [2.05, 4.69) is 66.1 Å². The standard InChI is InChI=1S/C19H23NO.C2H5NO/c1-15(11-12-16-7-3-2-4-8-16)20-18-13-17-9-5-6-10-19(17)21-14-18;1-3-2-4/h2-10,15,18,20H,11-14H2,1H3;2H,1H3,(H,3,4). The zero-order valence-corrected chi connectivity index (χ0v) is 15.1. The number of nitrogens with one attached hydrogen (secondary N) is 2. The van der Waals surface area contributed by atoms with Gasteiger partial charge in [-0.15, -0.1) is 0 Å². The monoisotopic (exact) mass is 340 g/mol. The third-order valence-electron chi connectivity index (χ3n) is 4.23. The molecular formula is C21H28N2O2. The van der Waals surface area contributed by atoms with Gasteiger partial charge in [-0.1, -0.05) is 48.5 Å². The number of aryl methyl sites for hydroxylation is 1. The van der Waals surface area contributed by atoms with Gasteiger partial charge in [-0.2, -0.15) is 0 Å². The van der Waals surface area contributed by atoms with Crippen molar-refractivity contribution in [1.29, 1.82) is 0 Å². The summed E-state index contributed by atoms with van der Waals surface area (Å²) >= 11 is 0. The molecule has 2 aromatic rings. The zero-order chi connectivity index (χ0) is 17.9. The largest absolute Gasteiger partial charge is 0.492 e. The van der Waals surface area contributed by atoms with Crippen LogP contribution in [0.15, 0.2) is 54.6 Å². The first-order valence-electron chi connectivity index (χ1n) is 8.84. The lowest BCUT2D eigenvalue weighted by atomic mass is 10.0. The molecule has 0 aliphatic carbocycles. The number of carbonyl (C=O) groups excluding carboxylic acids is 1. The Morgan fingerprint density at radius 3 is 2.56 bits per heavy atom. The molecule has 4 nitrogen and oxygen atoms in total. The number of carbonyl (C=O) groups is 1. The molecule has 134 valence electrons. The van der Waals surface area contributed by atoms with E-state index in [1.165, 1.54) is 11.1 Å². The van der Waals surface area contributed by atoms with E-state index >= 15 is 0 Å². The molecule has 1 heterocycles. The van der Waals surface area contributed by atoms with Gasteiger partial charge in [0.1, 0.15) is 12.4 Å². The second-order valence-electron chi connectivity index (χ2n) is 6.32. The maximum atomic E-state index is 9.06. The third kappa shape index (κ3) is 6.59. The van der Waals surface area contributed by atoms with E-state index in [0.717, 1.165) is 31.6 Å². The number of para-hydroxylation sites is 1. The summed E-state index contributed by atoms with van der Waals surface area (Å²) in [6.07, 6.45) is 3.97. The lowest BCUT2D eigenvalue weighted by molar-refractivity contribution is -0.109.